The number of hydrogen-bond donors (Lipinski definition) is 0. The molecule has 0 N–H and O–H groups in total. The summed E-state index contributed by atoms with van der Waals surface area (Å²) < 4.78 is 6.09. The average molecular weight is 409 g/mol. The third-order valence-corrected chi connectivity index (χ3v) is 6.33. The molecule has 0 bridgehead atoms. The first-order valence-electron chi connectivity index (χ1n) is 11.0. The molecule has 1 aromatic heterocycles. The standard InChI is InChI=1S/C24H32N4O2/c1-26(2)20-5-3-19(4-6-20)24(29)28-15-9-21(10-16-28)27-17-11-23(12-18-27)30-22-7-13-25-14-8-22/h3-8,13-14,21,23H,9-12,15-18H2,1-2H3. The fourth-order valence-electron chi connectivity index (χ4n) is 4.49. The number of aromatic nitrogens is 1. The summed E-state index contributed by atoms with van der Waals surface area (Å²) in [7, 11) is 4.02. The fourth-order valence-corrected chi connectivity index (χ4v) is 4.49. The van der Waals surface area contributed by atoms with Gasteiger partial charge in [0.2, 0.25) is 0 Å². The van der Waals surface area contributed by atoms with Gasteiger partial charge in [0.05, 0.1) is 0 Å². The van der Waals surface area contributed by atoms with Gasteiger partial charge in [-0.05, 0) is 62.1 Å². The van der Waals surface area contributed by atoms with E-state index in [1.165, 1.54) is 0 Å². The van der Waals surface area contributed by atoms with E-state index in [9.17, 15) is 4.79 Å². The van der Waals surface area contributed by atoms with Gasteiger partial charge in [0.25, 0.3) is 5.91 Å². The first-order valence-corrected chi connectivity index (χ1v) is 11.0. The largest absolute Gasteiger partial charge is 0.490 e. The van der Waals surface area contributed by atoms with Gasteiger partial charge in [0.15, 0.2) is 0 Å². The average Bonchev–Trinajstić information content (AvgIpc) is 2.80. The van der Waals surface area contributed by atoms with Gasteiger partial charge in [-0.2, -0.15) is 0 Å². The summed E-state index contributed by atoms with van der Waals surface area (Å²) in [6.07, 6.45) is 8.05. The zero-order valence-electron chi connectivity index (χ0n) is 18.0. The fraction of sp³-hybridized carbons (Fsp3) is 0.500. The van der Waals surface area contributed by atoms with Crippen molar-refractivity contribution in [3.63, 3.8) is 0 Å². The molecule has 6 heteroatoms. The lowest BCUT2D eigenvalue weighted by Crippen LogP contribution is -2.50. The van der Waals surface area contributed by atoms with Crippen LogP contribution in [0.4, 0.5) is 5.69 Å². The van der Waals surface area contributed by atoms with Crippen molar-refractivity contribution in [3.05, 3.63) is 54.4 Å². The SMILES string of the molecule is CN(C)c1ccc(C(=O)N2CCC(N3CCC(Oc4ccncc4)CC3)CC2)cc1. The van der Waals surface area contributed by atoms with E-state index in [1.807, 2.05) is 60.3 Å². The maximum absolute atomic E-state index is 12.9. The number of pyridine rings is 1. The molecule has 3 heterocycles. The van der Waals surface area contributed by atoms with Crippen molar-refractivity contribution in [3.8, 4) is 5.75 Å². The van der Waals surface area contributed by atoms with Crippen molar-refractivity contribution in [1.29, 1.82) is 0 Å². The normalized spacial score (nSPS) is 18.9. The van der Waals surface area contributed by atoms with Gasteiger partial charge in [-0.25, -0.2) is 0 Å². The van der Waals surface area contributed by atoms with Gasteiger partial charge in [0, 0.05) is 70.0 Å². The molecule has 2 fully saturated rings. The summed E-state index contributed by atoms with van der Waals surface area (Å²) in [4.78, 5) is 23.6. The van der Waals surface area contributed by atoms with E-state index in [0.717, 1.165) is 68.9 Å². The van der Waals surface area contributed by atoms with E-state index >= 15 is 0 Å². The van der Waals surface area contributed by atoms with Crippen LogP contribution in [0, 0.1) is 0 Å². The lowest BCUT2D eigenvalue weighted by molar-refractivity contribution is 0.0425. The lowest BCUT2D eigenvalue weighted by atomic mass is 9.98. The van der Waals surface area contributed by atoms with Crippen LogP contribution in [-0.4, -0.2) is 73.1 Å². The quantitative estimate of drug-likeness (QED) is 0.760. The van der Waals surface area contributed by atoms with E-state index in [4.69, 9.17) is 4.74 Å². The second-order valence-electron chi connectivity index (χ2n) is 8.50. The predicted octanol–water partition coefficient (Wildman–Crippen LogP) is 3.30. The van der Waals surface area contributed by atoms with E-state index in [-0.39, 0.29) is 12.0 Å². The van der Waals surface area contributed by atoms with Crippen LogP contribution in [0.3, 0.4) is 0 Å². The van der Waals surface area contributed by atoms with Crippen LogP contribution in [0.15, 0.2) is 48.8 Å². The molecular formula is C24H32N4O2. The number of piperidine rings is 2. The number of hydrogen-bond acceptors (Lipinski definition) is 5. The molecule has 6 nitrogen and oxygen atoms in total. The molecule has 2 aliphatic heterocycles. The molecule has 4 rings (SSSR count). The highest BCUT2D eigenvalue weighted by atomic mass is 16.5. The Morgan fingerprint density at radius 1 is 0.933 bits per heavy atom. The van der Waals surface area contributed by atoms with Gasteiger partial charge in [-0.3, -0.25) is 14.7 Å². The second kappa shape index (κ2) is 9.47. The van der Waals surface area contributed by atoms with Crippen LogP contribution in [0.1, 0.15) is 36.0 Å². The zero-order valence-corrected chi connectivity index (χ0v) is 18.0. The summed E-state index contributed by atoms with van der Waals surface area (Å²) in [5, 5.41) is 0. The summed E-state index contributed by atoms with van der Waals surface area (Å²) in [5.41, 5.74) is 1.90. The Morgan fingerprint density at radius 2 is 1.57 bits per heavy atom. The maximum atomic E-state index is 12.9. The van der Waals surface area contributed by atoms with Gasteiger partial charge in [-0.1, -0.05) is 0 Å². The van der Waals surface area contributed by atoms with Crippen LogP contribution < -0.4 is 9.64 Å². The molecule has 0 atom stereocenters. The Hall–Kier alpha value is -2.60. The number of anilines is 1. The van der Waals surface area contributed by atoms with Crippen molar-refractivity contribution >= 4 is 11.6 Å². The summed E-state index contributed by atoms with van der Waals surface area (Å²) in [5.74, 6) is 1.07. The van der Waals surface area contributed by atoms with Crippen LogP contribution >= 0.6 is 0 Å². The summed E-state index contributed by atoms with van der Waals surface area (Å²) >= 11 is 0. The van der Waals surface area contributed by atoms with Crippen molar-refractivity contribution in [2.75, 3.05) is 45.2 Å². The molecule has 2 aliphatic rings. The molecule has 30 heavy (non-hydrogen) atoms. The highest BCUT2D eigenvalue weighted by Crippen LogP contribution is 2.24. The van der Waals surface area contributed by atoms with E-state index < -0.39 is 0 Å². The Bertz CT molecular complexity index is 809. The highest BCUT2D eigenvalue weighted by molar-refractivity contribution is 5.94. The molecular weight excluding hydrogens is 376 g/mol. The number of nitrogens with zero attached hydrogens (tertiary/aromatic N) is 4. The molecule has 0 spiro atoms. The molecule has 0 aliphatic carbocycles. The number of carbonyl (C=O) groups is 1. The van der Waals surface area contributed by atoms with Crippen LogP contribution in [0.2, 0.25) is 0 Å². The smallest absolute Gasteiger partial charge is 0.253 e. The first-order chi connectivity index (χ1) is 14.6. The molecule has 1 aromatic carbocycles. The molecule has 0 saturated carbocycles. The Kier molecular flexibility index (Phi) is 6.53. The number of rotatable bonds is 5. The van der Waals surface area contributed by atoms with E-state index in [2.05, 4.69) is 9.88 Å². The van der Waals surface area contributed by atoms with Gasteiger partial charge in [-0.15, -0.1) is 0 Å². The third kappa shape index (κ3) is 4.93. The minimum Gasteiger partial charge on any atom is -0.490 e. The van der Waals surface area contributed by atoms with Gasteiger partial charge < -0.3 is 14.5 Å². The van der Waals surface area contributed by atoms with Crippen LogP contribution in [0.25, 0.3) is 0 Å². The highest BCUT2D eigenvalue weighted by Gasteiger charge is 2.30. The number of ether oxygens (including phenoxy) is 1. The minimum absolute atomic E-state index is 0.156. The van der Waals surface area contributed by atoms with Crippen molar-refractivity contribution in [2.24, 2.45) is 0 Å². The number of benzene rings is 1. The second-order valence-corrected chi connectivity index (χ2v) is 8.50. The topological polar surface area (TPSA) is 48.9 Å². The van der Waals surface area contributed by atoms with Crippen LogP contribution in [-0.2, 0) is 0 Å². The van der Waals surface area contributed by atoms with Crippen molar-refractivity contribution in [1.82, 2.24) is 14.8 Å². The van der Waals surface area contributed by atoms with Gasteiger partial charge >= 0.3 is 0 Å². The molecule has 1 amide bonds. The molecule has 2 aromatic rings. The Balaban J connectivity index is 1.23. The Labute approximate surface area is 179 Å². The molecule has 0 unspecified atom stereocenters. The predicted molar refractivity (Wildman–Crippen MR) is 119 cm³/mol. The monoisotopic (exact) mass is 408 g/mol. The third-order valence-electron chi connectivity index (χ3n) is 6.33. The zero-order chi connectivity index (χ0) is 20.9. The number of likely N-dealkylation sites (tertiary alicyclic amines) is 2. The lowest BCUT2D eigenvalue weighted by Gasteiger charge is -2.41. The number of amides is 1. The maximum Gasteiger partial charge on any atom is 0.253 e. The molecule has 0 radical (unpaired) electrons. The van der Waals surface area contributed by atoms with Crippen molar-refractivity contribution < 1.29 is 9.53 Å². The van der Waals surface area contributed by atoms with Gasteiger partial charge in [0.1, 0.15) is 11.9 Å². The van der Waals surface area contributed by atoms with E-state index in [1.54, 1.807) is 12.4 Å². The minimum atomic E-state index is 0.156. The first kappa shape index (κ1) is 20.7. The molecule has 2 saturated heterocycles. The van der Waals surface area contributed by atoms with Crippen molar-refractivity contribution in [2.45, 2.75) is 37.8 Å². The summed E-state index contributed by atoms with van der Waals surface area (Å²) in [6, 6.07) is 12.3. The molecule has 160 valence electrons. The van der Waals surface area contributed by atoms with E-state index in [0.29, 0.717) is 6.04 Å². The number of carbonyl (C=O) groups excluding carboxylic acids is 1. The summed E-state index contributed by atoms with van der Waals surface area (Å²) in [6.45, 7) is 3.82. The Morgan fingerprint density at radius 3 is 2.17 bits per heavy atom. The van der Waals surface area contributed by atoms with Crippen LogP contribution in [0.5, 0.6) is 5.75 Å².